The molecular formula is C45H44N5O14+. The van der Waals surface area contributed by atoms with Gasteiger partial charge in [0.05, 0.1) is 37.6 Å². The number of aliphatic hydroxyl groups is 6. The SMILES string of the molecule is N=C1N=C2C(=NC[NH+]2c2ccccc2C2c3cc4c(c(OCC(O)CC=O)c3OC3OC5COCC2CCC(O)CC#CC5(O)C(O)C3O)C(=O)c2cc(CO)ccc2C4=O)C(=O)N1. The summed E-state index contributed by atoms with van der Waals surface area (Å²) in [4.78, 5) is 63.4. The van der Waals surface area contributed by atoms with E-state index in [1.165, 1.54) is 24.3 Å². The highest BCUT2D eigenvalue weighted by molar-refractivity contribution is 6.68. The van der Waals surface area contributed by atoms with E-state index in [2.05, 4.69) is 27.1 Å². The van der Waals surface area contributed by atoms with E-state index in [9.17, 15) is 49.8 Å². The Morgan fingerprint density at radius 3 is 2.64 bits per heavy atom. The second-order valence-electron chi connectivity index (χ2n) is 16.5. The fraction of sp³-hybridized carbons (Fsp3) is 0.400. The zero-order valence-electron chi connectivity index (χ0n) is 34.0. The third-order valence-corrected chi connectivity index (χ3v) is 12.5. The Labute approximate surface area is 364 Å². The summed E-state index contributed by atoms with van der Waals surface area (Å²) in [5, 5.41) is 78.0. The molecule has 19 nitrogen and oxygen atoms in total. The molecule has 1 aliphatic carbocycles. The minimum Gasteiger partial charge on any atom is -0.486 e. The number of aliphatic imine (C=N–C) groups is 2. The molecule has 3 aromatic rings. The van der Waals surface area contributed by atoms with Crippen molar-refractivity contribution < 1.29 is 73.7 Å². The van der Waals surface area contributed by atoms with E-state index >= 15 is 0 Å². The van der Waals surface area contributed by atoms with Crippen molar-refractivity contribution in [2.45, 2.75) is 80.6 Å². The number of nitrogens with one attached hydrogen (secondary N) is 3. The number of aliphatic hydroxyl groups excluding tert-OH is 5. The van der Waals surface area contributed by atoms with Crippen LogP contribution in [0.25, 0.3) is 0 Å². The molecule has 5 heterocycles. The summed E-state index contributed by atoms with van der Waals surface area (Å²) >= 11 is 0. The molecule has 5 aliphatic heterocycles. The summed E-state index contributed by atoms with van der Waals surface area (Å²) < 4.78 is 25.5. The van der Waals surface area contributed by atoms with Crippen molar-refractivity contribution in [2.75, 3.05) is 26.5 Å². The zero-order valence-corrected chi connectivity index (χ0v) is 34.0. The summed E-state index contributed by atoms with van der Waals surface area (Å²) in [6.07, 6.45) is -9.53. The molecule has 10 unspecified atom stereocenters. The number of rotatable bonds is 8. The summed E-state index contributed by atoms with van der Waals surface area (Å²) in [5.41, 5.74) is -1.34. The summed E-state index contributed by atoms with van der Waals surface area (Å²) in [7, 11) is 0. The van der Waals surface area contributed by atoms with Crippen LogP contribution in [0.1, 0.15) is 80.1 Å². The van der Waals surface area contributed by atoms with Gasteiger partial charge in [0, 0.05) is 46.6 Å². The predicted octanol–water partition coefficient (Wildman–Crippen LogP) is -1.44. The van der Waals surface area contributed by atoms with Gasteiger partial charge in [0.25, 0.3) is 11.7 Å². The maximum absolute atomic E-state index is 14.8. The Bertz CT molecular complexity index is 2600. The zero-order chi connectivity index (χ0) is 45.0. The maximum atomic E-state index is 14.8. The number of amidine groups is 1. The highest BCUT2D eigenvalue weighted by Gasteiger charge is 2.56. The van der Waals surface area contributed by atoms with Crippen LogP contribution in [0, 0.1) is 23.2 Å². The topological polar surface area (TPSA) is 292 Å². The smallest absolute Gasteiger partial charge is 0.284 e. The first kappa shape index (κ1) is 43.2. The van der Waals surface area contributed by atoms with E-state index in [4.69, 9.17) is 24.4 Å². The van der Waals surface area contributed by atoms with E-state index in [1.807, 2.05) is 0 Å². The van der Waals surface area contributed by atoms with Gasteiger partial charge in [0.15, 0.2) is 35.3 Å². The number of para-hydroxylation sites is 1. The molecule has 1 saturated heterocycles. The molecule has 3 aromatic carbocycles. The lowest BCUT2D eigenvalue weighted by atomic mass is 9.74. The van der Waals surface area contributed by atoms with Crippen molar-refractivity contribution in [3.05, 3.63) is 87.5 Å². The van der Waals surface area contributed by atoms with Gasteiger partial charge in [-0.1, -0.05) is 36.1 Å². The first-order chi connectivity index (χ1) is 30.8. The Hall–Kier alpha value is -6.05. The molecule has 0 saturated carbocycles. The molecule has 19 heteroatoms. The van der Waals surface area contributed by atoms with Crippen molar-refractivity contribution in [3.8, 4) is 23.3 Å². The van der Waals surface area contributed by atoms with E-state index in [0.29, 0.717) is 28.0 Å². The number of quaternary nitrogens is 1. The van der Waals surface area contributed by atoms with Crippen molar-refractivity contribution in [1.29, 1.82) is 5.41 Å². The van der Waals surface area contributed by atoms with Crippen LogP contribution in [0.15, 0.2) is 58.5 Å². The molecule has 1 fully saturated rings. The lowest BCUT2D eigenvalue weighted by Gasteiger charge is -2.45. The Kier molecular flexibility index (Phi) is 11.6. The van der Waals surface area contributed by atoms with Gasteiger partial charge < -0.3 is 54.4 Å². The van der Waals surface area contributed by atoms with E-state index < -0.39 is 84.9 Å². The average molecular weight is 879 g/mol. The molecule has 332 valence electrons. The van der Waals surface area contributed by atoms with Crippen LogP contribution in [0.2, 0.25) is 0 Å². The molecule has 0 spiro atoms. The van der Waals surface area contributed by atoms with Crippen LogP contribution in [0.4, 0.5) is 5.69 Å². The number of nitrogens with zero attached hydrogens (tertiary/aromatic N) is 2. The second kappa shape index (κ2) is 17.2. The third kappa shape index (κ3) is 7.41. The van der Waals surface area contributed by atoms with Crippen LogP contribution < -0.4 is 19.7 Å². The molecule has 3 bridgehead atoms. The second-order valence-corrected chi connectivity index (χ2v) is 16.5. The van der Waals surface area contributed by atoms with Crippen molar-refractivity contribution in [3.63, 3.8) is 0 Å². The number of hydrogen-bond acceptors (Lipinski definition) is 16. The fourth-order valence-electron chi connectivity index (χ4n) is 9.23. The van der Waals surface area contributed by atoms with Crippen LogP contribution in [-0.4, -0.2) is 141 Å². The van der Waals surface area contributed by atoms with E-state index in [-0.39, 0.29) is 102 Å². The monoisotopic (exact) mass is 878 g/mol. The quantitative estimate of drug-likeness (QED) is 0.0724. The van der Waals surface area contributed by atoms with Gasteiger partial charge in [-0.15, -0.1) is 0 Å². The highest BCUT2D eigenvalue weighted by atomic mass is 16.7. The Balaban J connectivity index is 1.34. The van der Waals surface area contributed by atoms with Crippen LogP contribution in [-0.2, 0) is 25.7 Å². The third-order valence-electron chi connectivity index (χ3n) is 12.5. The molecule has 0 radical (unpaired) electrons. The number of fused-ring (bicyclic) bond motifs is 8. The molecule has 10 atom stereocenters. The van der Waals surface area contributed by atoms with Crippen LogP contribution in [0.5, 0.6) is 11.5 Å². The first-order valence-electron chi connectivity index (χ1n) is 20.8. The summed E-state index contributed by atoms with van der Waals surface area (Å²) in [6, 6.07) is 12.9. The van der Waals surface area contributed by atoms with E-state index in [1.54, 1.807) is 24.3 Å². The number of carbonyl (C=O) groups is 4. The minimum absolute atomic E-state index is 0.00641. The fourth-order valence-corrected chi connectivity index (χ4v) is 9.23. The van der Waals surface area contributed by atoms with Crippen LogP contribution in [0.3, 0.4) is 0 Å². The average Bonchev–Trinajstić information content (AvgIpc) is 3.70. The van der Waals surface area contributed by atoms with E-state index in [0.717, 1.165) is 0 Å². The first-order valence-corrected chi connectivity index (χ1v) is 20.8. The number of aldehydes is 1. The number of guanidine groups is 1. The largest absolute Gasteiger partial charge is 0.486 e. The van der Waals surface area contributed by atoms with Gasteiger partial charge in [-0.2, -0.15) is 4.99 Å². The van der Waals surface area contributed by atoms with Crippen molar-refractivity contribution >= 4 is 47.0 Å². The molecule has 1 amide bonds. The molecule has 9 rings (SSSR count). The number of hydrogen-bond donors (Lipinski definition) is 9. The summed E-state index contributed by atoms with van der Waals surface area (Å²) in [5.74, 6) is 0.878. The normalized spacial score (nSPS) is 30.0. The lowest BCUT2D eigenvalue weighted by Crippen LogP contribution is -3.09. The number of benzene rings is 3. The number of carbonyl (C=O) groups excluding carboxylic acids is 4. The van der Waals surface area contributed by atoms with Gasteiger partial charge in [-0.25, -0.2) is 9.89 Å². The molecular weight excluding hydrogens is 835 g/mol. The van der Waals surface area contributed by atoms with Crippen molar-refractivity contribution in [1.82, 2.24) is 5.32 Å². The maximum Gasteiger partial charge on any atom is 0.284 e. The standard InChI is InChI=1S/C45H43N5O14/c46-44-48-41-34(42(59)49-44)47-20-50(41)30-6-2-1-5-26(30)32-22-8-9-23(53)4-3-12-45(60)31(19-61-17-22)63-43(37(57)40(45)58)64-38-29(32)15-28-33(39(38)62-18-24(54)11-13-51)36(56)27-14-21(16-52)7-10-25(27)35(28)55/h1-2,5-7,10,13-15,22-24,31-32,37,40,43,52-54,57-58,60H,4,8-9,11,16-20H2,(H2,46,49,59)/p+1. The highest BCUT2D eigenvalue weighted by Crippen LogP contribution is 2.51. The molecule has 0 aromatic heterocycles. The van der Waals surface area contributed by atoms with Gasteiger partial charge in [0.2, 0.25) is 18.0 Å². The van der Waals surface area contributed by atoms with Gasteiger partial charge in [-0.3, -0.25) is 25.1 Å². The van der Waals surface area contributed by atoms with Gasteiger partial charge in [0.1, 0.15) is 36.9 Å². The molecule has 9 N–H and O–H groups in total. The van der Waals surface area contributed by atoms with Crippen LogP contribution >= 0.6 is 0 Å². The lowest BCUT2D eigenvalue weighted by molar-refractivity contribution is -0.723. The Morgan fingerprint density at radius 1 is 1.03 bits per heavy atom. The van der Waals surface area contributed by atoms with Crippen molar-refractivity contribution in [2.24, 2.45) is 15.9 Å². The van der Waals surface area contributed by atoms with Gasteiger partial charge >= 0.3 is 0 Å². The number of ketones is 2. The Morgan fingerprint density at radius 2 is 1.84 bits per heavy atom. The molecule has 6 aliphatic rings. The predicted molar refractivity (Wildman–Crippen MR) is 221 cm³/mol. The number of amides is 1. The van der Waals surface area contributed by atoms with Gasteiger partial charge in [-0.05, 0) is 48.6 Å². The summed E-state index contributed by atoms with van der Waals surface area (Å²) in [6.45, 7) is -1.55. The number of ether oxygens (including phenoxy) is 4. The minimum atomic E-state index is -2.43. The molecule has 64 heavy (non-hydrogen) atoms.